The van der Waals surface area contributed by atoms with Gasteiger partial charge in [0.15, 0.2) is 5.13 Å². The minimum atomic E-state index is -0.365. The van der Waals surface area contributed by atoms with Gasteiger partial charge in [0.1, 0.15) is 0 Å². The van der Waals surface area contributed by atoms with Crippen molar-refractivity contribution in [2.75, 3.05) is 12.4 Å². The van der Waals surface area contributed by atoms with Crippen LogP contribution < -0.4 is 10.6 Å². The Bertz CT molecular complexity index is 903. The number of methoxy groups -OCH3 is 1. The van der Waals surface area contributed by atoms with Crippen molar-refractivity contribution in [1.82, 2.24) is 10.3 Å². The molecule has 0 radical (unpaired) electrons. The van der Waals surface area contributed by atoms with Crippen molar-refractivity contribution in [3.05, 3.63) is 82.4 Å². The molecule has 144 valence electrons. The highest BCUT2D eigenvalue weighted by atomic mass is 32.1. The fourth-order valence-corrected chi connectivity index (χ4v) is 3.71. The molecular weight excluding hydrogens is 374 g/mol. The van der Waals surface area contributed by atoms with E-state index in [9.17, 15) is 9.59 Å². The third kappa shape index (κ3) is 4.95. The lowest BCUT2D eigenvalue weighted by molar-refractivity contribution is -0.139. The monoisotopic (exact) mass is 395 g/mol. The molecular formula is C21H21N3O3S. The lowest BCUT2D eigenvalue weighted by Gasteiger charge is -2.19. The highest BCUT2D eigenvalue weighted by Gasteiger charge is 2.18. The van der Waals surface area contributed by atoms with Gasteiger partial charge in [-0.1, -0.05) is 60.7 Å². The van der Waals surface area contributed by atoms with E-state index >= 15 is 0 Å². The first-order valence-corrected chi connectivity index (χ1v) is 9.59. The maximum absolute atomic E-state index is 12.6. The predicted molar refractivity (Wildman–Crippen MR) is 109 cm³/mol. The van der Waals surface area contributed by atoms with Crippen LogP contribution >= 0.6 is 11.3 Å². The molecule has 0 saturated heterocycles. The van der Waals surface area contributed by atoms with Crippen LogP contribution in [0, 0.1) is 6.92 Å². The van der Waals surface area contributed by atoms with Gasteiger partial charge in [-0.15, -0.1) is 11.3 Å². The summed E-state index contributed by atoms with van der Waals surface area (Å²) in [7, 11) is 1.35. The van der Waals surface area contributed by atoms with Crippen molar-refractivity contribution < 1.29 is 14.3 Å². The molecule has 2 N–H and O–H groups in total. The standard InChI is InChI=1S/C21H21N3O3S/c1-14-17(13-18(25)27-2)28-21(22-14)24-20(26)23-19(15-9-5-3-6-10-15)16-11-7-4-8-12-16/h3-12,19H,13H2,1-2H3,(H2,22,23,24,26). The molecule has 3 aromatic rings. The minimum Gasteiger partial charge on any atom is -0.469 e. The van der Waals surface area contributed by atoms with Crippen molar-refractivity contribution in [2.24, 2.45) is 0 Å². The number of carbonyl (C=O) groups excluding carboxylic acids is 2. The molecule has 0 spiro atoms. The number of aromatic nitrogens is 1. The van der Waals surface area contributed by atoms with Gasteiger partial charge in [-0.2, -0.15) is 0 Å². The third-order valence-corrected chi connectivity index (χ3v) is 5.26. The topological polar surface area (TPSA) is 80.3 Å². The quantitative estimate of drug-likeness (QED) is 0.617. The Balaban J connectivity index is 1.74. The average molecular weight is 395 g/mol. The lowest BCUT2D eigenvalue weighted by Crippen LogP contribution is -2.33. The number of hydrogen-bond acceptors (Lipinski definition) is 5. The van der Waals surface area contributed by atoms with Gasteiger partial charge in [0.25, 0.3) is 0 Å². The number of esters is 1. The maximum Gasteiger partial charge on any atom is 0.321 e. The largest absolute Gasteiger partial charge is 0.469 e. The average Bonchev–Trinajstić information content (AvgIpc) is 3.05. The van der Waals surface area contributed by atoms with Gasteiger partial charge >= 0.3 is 12.0 Å². The number of urea groups is 1. The lowest BCUT2D eigenvalue weighted by atomic mass is 9.99. The Morgan fingerprint density at radius 3 is 2.14 bits per heavy atom. The summed E-state index contributed by atoms with van der Waals surface area (Å²) in [5.41, 5.74) is 2.66. The summed E-state index contributed by atoms with van der Waals surface area (Å²) < 4.78 is 4.69. The summed E-state index contributed by atoms with van der Waals surface area (Å²) in [5, 5.41) is 6.21. The third-order valence-electron chi connectivity index (χ3n) is 4.19. The minimum absolute atomic E-state index is 0.139. The molecule has 0 saturated carbocycles. The van der Waals surface area contributed by atoms with Crippen LogP contribution in [0.25, 0.3) is 0 Å². The summed E-state index contributed by atoms with van der Waals surface area (Å²) >= 11 is 1.27. The van der Waals surface area contributed by atoms with E-state index in [0.29, 0.717) is 10.8 Å². The van der Waals surface area contributed by atoms with Crippen LogP contribution in [0.2, 0.25) is 0 Å². The summed E-state index contributed by atoms with van der Waals surface area (Å²) in [4.78, 5) is 29.2. The number of benzene rings is 2. The highest BCUT2D eigenvalue weighted by Crippen LogP contribution is 2.25. The fraction of sp³-hybridized carbons (Fsp3) is 0.190. The van der Waals surface area contributed by atoms with E-state index < -0.39 is 0 Å². The zero-order chi connectivity index (χ0) is 19.9. The Labute approximate surface area is 167 Å². The smallest absolute Gasteiger partial charge is 0.321 e. The molecule has 3 rings (SSSR count). The molecule has 6 nitrogen and oxygen atoms in total. The summed E-state index contributed by atoms with van der Waals surface area (Å²) in [6, 6.07) is 18.9. The fourth-order valence-electron chi connectivity index (χ4n) is 2.76. The first-order valence-electron chi connectivity index (χ1n) is 8.77. The van der Waals surface area contributed by atoms with Crippen LogP contribution in [0.15, 0.2) is 60.7 Å². The van der Waals surface area contributed by atoms with Gasteiger partial charge in [0, 0.05) is 4.88 Å². The van der Waals surface area contributed by atoms with E-state index in [-0.39, 0.29) is 24.5 Å². The molecule has 0 unspecified atom stereocenters. The van der Waals surface area contributed by atoms with Crippen molar-refractivity contribution >= 4 is 28.5 Å². The van der Waals surface area contributed by atoms with Gasteiger partial charge in [-0.3, -0.25) is 10.1 Å². The van der Waals surface area contributed by atoms with Crippen molar-refractivity contribution in [1.29, 1.82) is 0 Å². The first-order chi connectivity index (χ1) is 13.6. The molecule has 0 fully saturated rings. The van der Waals surface area contributed by atoms with E-state index in [2.05, 4.69) is 15.6 Å². The number of aryl methyl sites for hydroxylation is 1. The van der Waals surface area contributed by atoms with E-state index in [1.54, 1.807) is 6.92 Å². The number of hydrogen-bond donors (Lipinski definition) is 2. The maximum atomic E-state index is 12.6. The Kier molecular flexibility index (Phi) is 6.39. The molecule has 2 aromatic carbocycles. The van der Waals surface area contributed by atoms with Crippen LogP contribution in [-0.2, 0) is 16.0 Å². The van der Waals surface area contributed by atoms with Gasteiger partial charge < -0.3 is 10.1 Å². The van der Waals surface area contributed by atoms with Gasteiger partial charge in [-0.25, -0.2) is 9.78 Å². The van der Waals surface area contributed by atoms with Gasteiger partial charge in [0.2, 0.25) is 0 Å². The number of thiazole rings is 1. The second-order valence-electron chi connectivity index (χ2n) is 6.13. The van der Waals surface area contributed by atoms with E-state index in [1.165, 1.54) is 18.4 Å². The molecule has 1 aromatic heterocycles. The van der Waals surface area contributed by atoms with E-state index in [4.69, 9.17) is 4.74 Å². The Hall–Kier alpha value is -3.19. The molecule has 0 atom stereocenters. The molecule has 2 amide bonds. The van der Waals surface area contributed by atoms with Crippen LogP contribution in [0.5, 0.6) is 0 Å². The Morgan fingerprint density at radius 2 is 1.61 bits per heavy atom. The van der Waals surface area contributed by atoms with Crippen molar-refractivity contribution in [2.45, 2.75) is 19.4 Å². The SMILES string of the molecule is COC(=O)Cc1sc(NC(=O)NC(c2ccccc2)c2ccccc2)nc1C. The number of rotatable bonds is 6. The van der Waals surface area contributed by atoms with E-state index in [1.807, 2.05) is 60.7 Å². The number of nitrogens with one attached hydrogen (secondary N) is 2. The number of amides is 2. The second-order valence-corrected chi connectivity index (χ2v) is 7.22. The van der Waals surface area contributed by atoms with Crippen molar-refractivity contribution in [3.8, 4) is 0 Å². The normalized spacial score (nSPS) is 10.5. The predicted octanol–water partition coefficient (Wildman–Crippen LogP) is 4.08. The van der Waals surface area contributed by atoms with Crippen LogP contribution in [-0.4, -0.2) is 24.1 Å². The van der Waals surface area contributed by atoms with Gasteiger partial charge in [0.05, 0.1) is 25.3 Å². The molecule has 28 heavy (non-hydrogen) atoms. The first kappa shape index (κ1) is 19.6. The molecule has 7 heteroatoms. The second kappa shape index (κ2) is 9.14. The number of carbonyl (C=O) groups is 2. The van der Waals surface area contributed by atoms with Crippen LogP contribution in [0.4, 0.5) is 9.93 Å². The molecule has 0 bridgehead atoms. The number of anilines is 1. The van der Waals surface area contributed by atoms with Crippen LogP contribution in [0.1, 0.15) is 27.7 Å². The Morgan fingerprint density at radius 1 is 1.04 bits per heavy atom. The number of nitrogens with zero attached hydrogens (tertiary/aromatic N) is 1. The summed E-state index contributed by atoms with van der Waals surface area (Å²) in [6.45, 7) is 1.80. The summed E-state index contributed by atoms with van der Waals surface area (Å²) in [6.07, 6.45) is 0.139. The van der Waals surface area contributed by atoms with Gasteiger partial charge in [-0.05, 0) is 18.1 Å². The molecule has 0 aliphatic carbocycles. The molecule has 1 heterocycles. The zero-order valence-corrected chi connectivity index (χ0v) is 16.5. The number of ether oxygens (including phenoxy) is 1. The van der Waals surface area contributed by atoms with E-state index in [0.717, 1.165) is 16.0 Å². The van der Waals surface area contributed by atoms with Crippen molar-refractivity contribution in [3.63, 3.8) is 0 Å². The van der Waals surface area contributed by atoms with Crippen LogP contribution in [0.3, 0.4) is 0 Å². The highest BCUT2D eigenvalue weighted by molar-refractivity contribution is 7.16. The summed E-state index contributed by atoms with van der Waals surface area (Å²) in [5.74, 6) is -0.337. The zero-order valence-electron chi connectivity index (χ0n) is 15.6. The molecule has 0 aliphatic rings. The molecule has 0 aliphatic heterocycles.